The molecule has 0 aliphatic carbocycles. The van der Waals surface area contributed by atoms with Crippen molar-refractivity contribution in [2.24, 2.45) is 0 Å². The Kier molecular flexibility index (Phi) is 12.5. The highest BCUT2D eigenvalue weighted by Crippen LogP contribution is 2.37. The van der Waals surface area contributed by atoms with Crippen molar-refractivity contribution >= 4 is 11.6 Å². The van der Waals surface area contributed by atoms with Gasteiger partial charge in [-0.05, 0) is 112 Å². The van der Waals surface area contributed by atoms with Gasteiger partial charge in [0.25, 0.3) is 0 Å². The molecule has 270 valence electrons. The van der Waals surface area contributed by atoms with E-state index in [0.717, 1.165) is 69.0 Å². The summed E-state index contributed by atoms with van der Waals surface area (Å²) in [5.74, 6) is 2.11. The number of likely N-dealkylation sites (tertiary alicyclic amines) is 1. The van der Waals surface area contributed by atoms with Crippen LogP contribution in [0.15, 0.2) is 73.1 Å². The molecule has 3 aromatic carbocycles. The third-order valence-corrected chi connectivity index (χ3v) is 9.85. The molecule has 52 heavy (non-hydrogen) atoms. The molecular weight excluding hydrogens is 672 g/mol. The summed E-state index contributed by atoms with van der Waals surface area (Å²) in [6, 6.07) is 22.3. The maximum absolute atomic E-state index is 9.35. The van der Waals surface area contributed by atoms with Crippen LogP contribution < -0.4 is 14.2 Å². The molecule has 3 heterocycles. The third-order valence-electron chi connectivity index (χ3n) is 9.55. The average Bonchev–Trinajstić information content (AvgIpc) is 3.82. The van der Waals surface area contributed by atoms with Gasteiger partial charge in [-0.3, -0.25) is 15.0 Å². The Morgan fingerprint density at radius 1 is 0.846 bits per heavy atom. The van der Waals surface area contributed by atoms with Crippen molar-refractivity contribution in [1.29, 1.82) is 5.26 Å². The number of aromatic amines is 1. The Morgan fingerprint density at radius 2 is 1.62 bits per heavy atom. The van der Waals surface area contributed by atoms with Gasteiger partial charge in [-0.2, -0.15) is 10.4 Å². The molecule has 2 aromatic heterocycles. The molecule has 10 heteroatoms. The molecule has 0 saturated carbocycles. The monoisotopic (exact) mass is 718 g/mol. The van der Waals surface area contributed by atoms with Gasteiger partial charge in [0.1, 0.15) is 36.5 Å². The van der Waals surface area contributed by atoms with Gasteiger partial charge in [-0.15, -0.1) is 0 Å². The number of aromatic nitrogens is 3. The lowest BCUT2D eigenvalue weighted by Gasteiger charge is -2.21. The molecule has 0 unspecified atom stereocenters. The van der Waals surface area contributed by atoms with Crippen molar-refractivity contribution in [2.45, 2.75) is 66.3 Å². The second kappa shape index (κ2) is 17.6. The number of hydrogen-bond donors (Lipinski definition) is 1. The number of H-pyrrole nitrogens is 1. The van der Waals surface area contributed by atoms with Crippen molar-refractivity contribution in [3.05, 3.63) is 123 Å². The maximum atomic E-state index is 9.35. The van der Waals surface area contributed by atoms with E-state index >= 15 is 0 Å². The highest BCUT2D eigenvalue weighted by atomic mass is 35.5. The molecular formula is C42H47ClN6O3. The van der Waals surface area contributed by atoms with Crippen molar-refractivity contribution < 1.29 is 14.2 Å². The van der Waals surface area contributed by atoms with Crippen molar-refractivity contribution in [3.63, 3.8) is 0 Å². The van der Waals surface area contributed by atoms with Crippen molar-refractivity contribution in [1.82, 2.24) is 25.0 Å². The minimum Gasteiger partial charge on any atom is -0.493 e. The molecule has 5 aromatic rings. The van der Waals surface area contributed by atoms with E-state index in [2.05, 4.69) is 81.3 Å². The topological polar surface area (TPSA) is 99.5 Å². The lowest BCUT2D eigenvalue weighted by molar-refractivity contribution is 0.262. The number of rotatable bonds is 16. The van der Waals surface area contributed by atoms with E-state index < -0.39 is 0 Å². The molecule has 1 fully saturated rings. The quantitative estimate of drug-likeness (QED) is 0.101. The van der Waals surface area contributed by atoms with Gasteiger partial charge in [0, 0.05) is 54.9 Å². The van der Waals surface area contributed by atoms with E-state index in [1.165, 1.54) is 32.1 Å². The molecule has 1 aliphatic heterocycles. The Balaban J connectivity index is 1.18. The van der Waals surface area contributed by atoms with Crippen LogP contribution in [-0.4, -0.2) is 58.3 Å². The van der Waals surface area contributed by atoms with Gasteiger partial charge in [0.2, 0.25) is 0 Å². The normalized spacial score (nSPS) is 13.0. The smallest absolute Gasteiger partial charge is 0.142 e. The van der Waals surface area contributed by atoms with Crippen LogP contribution in [-0.2, 0) is 26.3 Å². The lowest BCUT2D eigenvalue weighted by Crippen LogP contribution is -2.22. The van der Waals surface area contributed by atoms with Crippen LogP contribution in [0.4, 0.5) is 0 Å². The van der Waals surface area contributed by atoms with Gasteiger partial charge in [0.15, 0.2) is 0 Å². The lowest BCUT2D eigenvalue weighted by atomic mass is 9.93. The summed E-state index contributed by atoms with van der Waals surface area (Å²) in [4.78, 5) is 8.87. The minimum atomic E-state index is 0.238. The second-order valence-electron chi connectivity index (χ2n) is 13.6. The van der Waals surface area contributed by atoms with E-state index in [-0.39, 0.29) is 6.61 Å². The zero-order valence-corrected chi connectivity index (χ0v) is 31.3. The number of nitrogens with one attached hydrogen (secondary N) is 1. The minimum absolute atomic E-state index is 0.238. The van der Waals surface area contributed by atoms with Gasteiger partial charge in [-0.25, -0.2) is 0 Å². The Labute approximate surface area is 312 Å². The van der Waals surface area contributed by atoms with Crippen LogP contribution in [0.5, 0.6) is 17.2 Å². The number of benzene rings is 3. The SMILES string of the molecule is Cc1cc(CN(C)Cc2cc(Cl)c(OCc3cccc(-c4cccc(OCCCN5CCCC5)c4C)c3C)cc2OCc2cncc(C#N)c2)[nH]n1. The Hall–Kier alpha value is -4.88. The summed E-state index contributed by atoms with van der Waals surface area (Å²) in [6.45, 7) is 12.3. The molecule has 0 bridgehead atoms. The Bertz CT molecular complexity index is 2020. The summed E-state index contributed by atoms with van der Waals surface area (Å²) in [5, 5.41) is 17.2. The van der Waals surface area contributed by atoms with E-state index in [4.69, 9.17) is 25.8 Å². The van der Waals surface area contributed by atoms with Gasteiger partial charge in [0.05, 0.1) is 22.9 Å². The van der Waals surface area contributed by atoms with Crippen LogP contribution >= 0.6 is 11.6 Å². The zero-order chi connectivity index (χ0) is 36.5. The fraction of sp³-hybridized carbons (Fsp3) is 0.357. The predicted molar refractivity (Wildman–Crippen MR) is 205 cm³/mol. The molecule has 1 aliphatic rings. The predicted octanol–water partition coefficient (Wildman–Crippen LogP) is 8.58. The number of nitriles is 1. The fourth-order valence-electron chi connectivity index (χ4n) is 6.75. The standard InChI is InChI=1S/C42H47ClN6O3/c1-29-18-36(47-46-29)26-48(4)25-35-20-39(43)42(21-41(35)51-27-33-19-32(22-44)23-45-24-33)52-28-34-10-7-11-37(30(34)2)38-12-8-13-40(31(38)3)50-17-9-16-49-14-5-6-15-49/h7-8,10-13,18-21,23-24H,5-6,9,14-17,25-28H2,1-4H3,(H,46,47). The van der Waals surface area contributed by atoms with Gasteiger partial charge >= 0.3 is 0 Å². The summed E-state index contributed by atoms with van der Waals surface area (Å²) < 4.78 is 19.1. The Morgan fingerprint density at radius 3 is 2.38 bits per heavy atom. The summed E-state index contributed by atoms with van der Waals surface area (Å²) in [7, 11) is 2.04. The third kappa shape index (κ3) is 9.51. The molecule has 0 spiro atoms. The number of ether oxygens (including phenoxy) is 3. The van der Waals surface area contributed by atoms with Crippen molar-refractivity contribution in [2.75, 3.05) is 33.3 Å². The molecule has 0 atom stereocenters. The van der Waals surface area contributed by atoms with Crippen LogP contribution in [0.25, 0.3) is 11.1 Å². The van der Waals surface area contributed by atoms with E-state index in [9.17, 15) is 5.26 Å². The van der Waals surface area contributed by atoms with E-state index in [1.807, 2.05) is 32.2 Å². The number of nitrogens with zero attached hydrogens (tertiary/aromatic N) is 5. The first kappa shape index (κ1) is 36.9. The largest absolute Gasteiger partial charge is 0.493 e. The first-order valence-electron chi connectivity index (χ1n) is 17.9. The molecule has 9 nitrogen and oxygen atoms in total. The average molecular weight is 719 g/mol. The number of aryl methyl sites for hydroxylation is 1. The highest BCUT2D eigenvalue weighted by Gasteiger charge is 2.17. The van der Waals surface area contributed by atoms with Gasteiger partial charge in [-0.1, -0.05) is 41.9 Å². The van der Waals surface area contributed by atoms with Crippen LogP contribution in [0.1, 0.15) is 64.0 Å². The molecule has 6 rings (SSSR count). The summed E-state index contributed by atoms with van der Waals surface area (Å²) in [5.41, 5.74) is 9.79. The molecule has 0 amide bonds. The number of pyridine rings is 1. The first-order chi connectivity index (χ1) is 25.3. The van der Waals surface area contributed by atoms with E-state index in [1.54, 1.807) is 12.3 Å². The zero-order valence-electron chi connectivity index (χ0n) is 30.5. The van der Waals surface area contributed by atoms with Crippen LogP contribution in [0.2, 0.25) is 5.02 Å². The first-order valence-corrected chi connectivity index (χ1v) is 18.3. The number of hydrogen-bond acceptors (Lipinski definition) is 8. The molecule has 0 radical (unpaired) electrons. The summed E-state index contributed by atoms with van der Waals surface area (Å²) >= 11 is 6.89. The summed E-state index contributed by atoms with van der Waals surface area (Å²) in [6.07, 6.45) is 6.89. The molecule has 1 saturated heterocycles. The second-order valence-corrected chi connectivity index (χ2v) is 14.0. The highest BCUT2D eigenvalue weighted by molar-refractivity contribution is 6.32. The molecule has 1 N–H and O–H groups in total. The van der Waals surface area contributed by atoms with Gasteiger partial charge < -0.3 is 19.1 Å². The van der Waals surface area contributed by atoms with E-state index in [0.29, 0.717) is 48.4 Å². The van der Waals surface area contributed by atoms with Crippen molar-refractivity contribution in [3.8, 4) is 34.4 Å². The fourth-order valence-corrected chi connectivity index (χ4v) is 7.00. The number of halogens is 1. The maximum Gasteiger partial charge on any atom is 0.142 e. The van der Waals surface area contributed by atoms with Crippen LogP contribution in [0, 0.1) is 32.1 Å². The van der Waals surface area contributed by atoms with Crippen LogP contribution in [0.3, 0.4) is 0 Å².